The second-order valence-electron chi connectivity index (χ2n) is 4.35. The Morgan fingerprint density at radius 1 is 1.39 bits per heavy atom. The van der Waals surface area contributed by atoms with E-state index < -0.39 is 0 Å². The zero-order chi connectivity index (χ0) is 13.0. The number of aromatic nitrogens is 1. The van der Waals surface area contributed by atoms with Crippen molar-refractivity contribution in [2.24, 2.45) is 0 Å². The van der Waals surface area contributed by atoms with E-state index in [0.717, 1.165) is 12.8 Å². The predicted octanol–water partition coefficient (Wildman–Crippen LogP) is 0.876. The average molecular weight is 257 g/mol. The molecule has 1 aromatic heterocycles. The third kappa shape index (κ3) is 3.29. The van der Waals surface area contributed by atoms with Gasteiger partial charge in [-0.1, -0.05) is 0 Å². The molecule has 1 saturated heterocycles. The highest BCUT2D eigenvalue weighted by molar-refractivity contribution is 4.96. The Balaban J connectivity index is 1.94. The number of hydrogen-bond donors (Lipinski definition) is 1. The number of hydrogen-bond acceptors (Lipinski definition) is 6. The fourth-order valence-electron chi connectivity index (χ4n) is 2.12. The first-order chi connectivity index (χ1) is 8.75. The Hall–Kier alpha value is -0.950. The molecule has 0 amide bonds. The second kappa shape index (κ2) is 6.29. The summed E-state index contributed by atoms with van der Waals surface area (Å²) in [6, 6.07) is 0. The zero-order valence-corrected chi connectivity index (χ0v) is 10.7. The van der Waals surface area contributed by atoms with E-state index in [1.807, 2.05) is 0 Å². The predicted molar refractivity (Wildman–Crippen MR) is 61.8 cm³/mol. The van der Waals surface area contributed by atoms with Crippen molar-refractivity contribution >= 4 is 0 Å². The minimum Gasteiger partial charge on any atom is -0.449 e. The average Bonchev–Trinajstić information content (AvgIpc) is 2.85. The summed E-state index contributed by atoms with van der Waals surface area (Å²) in [4.78, 5) is 4.15. The lowest BCUT2D eigenvalue weighted by Gasteiger charge is -2.33. The molecule has 0 spiro atoms. The number of methoxy groups -OCH3 is 2. The van der Waals surface area contributed by atoms with E-state index in [1.54, 1.807) is 14.2 Å². The summed E-state index contributed by atoms with van der Waals surface area (Å²) in [5.74, 6) is 0.565. The van der Waals surface area contributed by atoms with Crippen LogP contribution in [0.5, 0.6) is 0 Å². The standard InChI is InChI=1S/C12H19NO5/c1-15-9-3-10(18-12(5-9)16-2)4-11-13-8(6-14)7-17-11/h7,9-10,12,14H,3-6H2,1-2H3/t9-,10-,12-/m0/s1. The molecule has 1 aliphatic rings. The normalized spacial score (nSPS) is 28.5. The van der Waals surface area contributed by atoms with Gasteiger partial charge in [0, 0.05) is 27.1 Å². The van der Waals surface area contributed by atoms with Crippen LogP contribution in [0.1, 0.15) is 24.4 Å². The minimum atomic E-state index is -0.249. The molecule has 1 aliphatic heterocycles. The summed E-state index contributed by atoms with van der Waals surface area (Å²) in [6.07, 6.45) is 3.37. The van der Waals surface area contributed by atoms with Crippen molar-refractivity contribution in [3.05, 3.63) is 17.8 Å². The van der Waals surface area contributed by atoms with E-state index in [-0.39, 0.29) is 25.1 Å². The summed E-state index contributed by atoms with van der Waals surface area (Å²) in [6.45, 7) is -0.115. The van der Waals surface area contributed by atoms with Crippen molar-refractivity contribution in [3.63, 3.8) is 0 Å². The monoisotopic (exact) mass is 257 g/mol. The van der Waals surface area contributed by atoms with Crippen LogP contribution in [0, 0.1) is 0 Å². The van der Waals surface area contributed by atoms with Gasteiger partial charge in [0.05, 0.1) is 25.2 Å². The van der Waals surface area contributed by atoms with Crippen LogP contribution >= 0.6 is 0 Å². The number of rotatable bonds is 5. The molecule has 6 nitrogen and oxygen atoms in total. The first kappa shape index (κ1) is 13.5. The second-order valence-corrected chi connectivity index (χ2v) is 4.35. The van der Waals surface area contributed by atoms with Crippen LogP contribution in [-0.4, -0.2) is 42.8 Å². The molecule has 0 radical (unpaired) electrons. The molecular formula is C12H19NO5. The molecular weight excluding hydrogens is 238 g/mol. The van der Waals surface area contributed by atoms with Crippen molar-refractivity contribution in [2.45, 2.75) is 44.4 Å². The van der Waals surface area contributed by atoms with Crippen LogP contribution in [-0.2, 0) is 27.2 Å². The molecule has 102 valence electrons. The van der Waals surface area contributed by atoms with E-state index in [1.165, 1.54) is 6.26 Å². The van der Waals surface area contributed by atoms with E-state index >= 15 is 0 Å². The highest BCUT2D eigenvalue weighted by Gasteiger charge is 2.30. The van der Waals surface area contributed by atoms with Crippen molar-refractivity contribution < 1.29 is 23.7 Å². The highest BCUT2D eigenvalue weighted by atomic mass is 16.7. The van der Waals surface area contributed by atoms with E-state index in [2.05, 4.69) is 4.98 Å². The first-order valence-electron chi connectivity index (χ1n) is 6.00. The van der Waals surface area contributed by atoms with Crippen LogP contribution in [0.2, 0.25) is 0 Å². The summed E-state index contributed by atoms with van der Waals surface area (Å²) in [5.41, 5.74) is 0.535. The molecule has 0 saturated carbocycles. The number of aliphatic hydroxyl groups excluding tert-OH is 1. The van der Waals surface area contributed by atoms with E-state index in [0.29, 0.717) is 18.0 Å². The van der Waals surface area contributed by atoms with Gasteiger partial charge in [-0.3, -0.25) is 0 Å². The lowest BCUT2D eigenvalue weighted by Crippen LogP contribution is -2.38. The molecule has 1 N–H and O–H groups in total. The van der Waals surface area contributed by atoms with Gasteiger partial charge in [0.15, 0.2) is 12.2 Å². The van der Waals surface area contributed by atoms with Crippen molar-refractivity contribution in [3.8, 4) is 0 Å². The van der Waals surface area contributed by atoms with Gasteiger partial charge in [-0.2, -0.15) is 0 Å². The van der Waals surface area contributed by atoms with Gasteiger partial charge >= 0.3 is 0 Å². The maximum absolute atomic E-state index is 8.92. The molecule has 0 aromatic carbocycles. The number of aliphatic hydroxyl groups is 1. The van der Waals surface area contributed by atoms with Gasteiger partial charge < -0.3 is 23.7 Å². The summed E-state index contributed by atoms with van der Waals surface area (Å²) in [5, 5.41) is 8.92. The first-order valence-corrected chi connectivity index (χ1v) is 6.00. The quantitative estimate of drug-likeness (QED) is 0.844. The Labute approximate surface area is 106 Å². The lowest BCUT2D eigenvalue weighted by molar-refractivity contribution is -0.207. The Bertz CT molecular complexity index is 355. The fourth-order valence-corrected chi connectivity index (χ4v) is 2.12. The van der Waals surface area contributed by atoms with Crippen molar-refractivity contribution in [1.29, 1.82) is 0 Å². The van der Waals surface area contributed by atoms with Gasteiger partial charge in [0.2, 0.25) is 0 Å². The van der Waals surface area contributed by atoms with Gasteiger partial charge in [0.1, 0.15) is 12.0 Å². The van der Waals surface area contributed by atoms with Gasteiger partial charge in [-0.25, -0.2) is 4.98 Å². The Morgan fingerprint density at radius 2 is 2.22 bits per heavy atom. The molecule has 2 heterocycles. The molecule has 3 atom stereocenters. The largest absolute Gasteiger partial charge is 0.449 e. The van der Waals surface area contributed by atoms with E-state index in [9.17, 15) is 0 Å². The molecule has 0 unspecified atom stereocenters. The van der Waals surface area contributed by atoms with E-state index in [4.69, 9.17) is 23.7 Å². The van der Waals surface area contributed by atoms with Crippen LogP contribution in [0.15, 0.2) is 10.7 Å². The summed E-state index contributed by atoms with van der Waals surface area (Å²) < 4.78 is 21.6. The Morgan fingerprint density at radius 3 is 2.83 bits per heavy atom. The maximum atomic E-state index is 8.92. The van der Waals surface area contributed by atoms with Gasteiger partial charge in [0.25, 0.3) is 0 Å². The molecule has 2 rings (SSSR count). The third-order valence-corrected chi connectivity index (χ3v) is 3.09. The van der Waals surface area contributed by atoms with Crippen LogP contribution in [0.25, 0.3) is 0 Å². The molecule has 1 aromatic rings. The van der Waals surface area contributed by atoms with Crippen LogP contribution in [0.4, 0.5) is 0 Å². The van der Waals surface area contributed by atoms with Crippen molar-refractivity contribution in [1.82, 2.24) is 4.98 Å². The number of nitrogens with zero attached hydrogens (tertiary/aromatic N) is 1. The molecule has 6 heteroatoms. The van der Waals surface area contributed by atoms with Gasteiger partial charge in [-0.15, -0.1) is 0 Å². The van der Waals surface area contributed by atoms with Gasteiger partial charge in [-0.05, 0) is 0 Å². The third-order valence-electron chi connectivity index (χ3n) is 3.09. The van der Waals surface area contributed by atoms with Crippen LogP contribution in [0.3, 0.4) is 0 Å². The topological polar surface area (TPSA) is 74.0 Å². The zero-order valence-electron chi connectivity index (χ0n) is 10.7. The van der Waals surface area contributed by atoms with Crippen molar-refractivity contribution in [2.75, 3.05) is 14.2 Å². The lowest BCUT2D eigenvalue weighted by atomic mass is 10.0. The smallest absolute Gasteiger partial charge is 0.196 e. The molecule has 18 heavy (non-hydrogen) atoms. The minimum absolute atomic E-state index is 0.0427. The Kier molecular flexibility index (Phi) is 4.71. The molecule has 0 bridgehead atoms. The molecule has 0 aliphatic carbocycles. The SMILES string of the molecule is CO[C@H]1C[C@@H](Cc2nc(CO)co2)O[C@H](OC)C1. The summed E-state index contributed by atoms with van der Waals surface area (Å²) in [7, 11) is 3.31. The van der Waals surface area contributed by atoms with Crippen LogP contribution < -0.4 is 0 Å². The molecule has 1 fully saturated rings. The number of ether oxygens (including phenoxy) is 3. The number of oxazole rings is 1. The maximum Gasteiger partial charge on any atom is 0.196 e. The fraction of sp³-hybridized carbons (Fsp3) is 0.750. The highest BCUT2D eigenvalue weighted by Crippen LogP contribution is 2.24. The summed E-state index contributed by atoms with van der Waals surface area (Å²) >= 11 is 0.